The van der Waals surface area contributed by atoms with E-state index >= 15 is 0 Å². The summed E-state index contributed by atoms with van der Waals surface area (Å²) in [6.07, 6.45) is 1.44. The summed E-state index contributed by atoms with van der Waals surface area (Å²) in [6.45, 7) is 1.05. The van der Waals surface area contributed by atoms with Crippen LogP contribution < -0.4 is 5.32 Å². The number of anilines is 1. The van der Waals surface area contributed by atoms with Crippen LogP contribution in [-0.2, 0) is 16.1 Å². The summed E-state index contributed by atoms with van der Waals surface area (Å²) in [6, 6.07) is 14.8. The Morgan fingerprint density at radius 2 is 1.85 bits per heavy atom. The van der Waals surface area contributed by atoms with E-state index in [4.69, 9.17) is 4.74 Å². The van der Waals surface area contributed by atoms with Crippen LogP contribution >= 0.6 is 0 Å². The number of nitrogens with one attached hydrogen (secondary N) is 1. The maximum Gasteiger partial charge on any atom is 0.321 e. The Morgan fingerprint density at radius 1 is 1.12 bits per heavy atom. The van der Waals surface area contributed by atoms with E-state index < -0.39 is 0 Å². The molecule has 3 rings (SSSR count). The zero-order chi connectivity index (χ0) is 18.4. The number of amides is 2. The average Bonchev–Trinajstić information content (AvgIpc) is 2.68. The summed E-state index contributed by atoms with van der Waals surface area (Å²) in [5.74, 6) is -0.996. The second-order valence-corrected chi connectivity index (χ2v) is 6.32. The van der Waals surface area contributed by atoms with Gasteiger partial charge in [0.15, 0.2) is 0 Å². The Labute approximate surface area is 151 Å². The van der Waals surface area contributed by atoms with Crippen LogP contribution in [0.1, 0.15) is 18.4 Å². The van der Waals surface area contributed by atoms with Gasteiger partial charge in [-0.2, -0.15) is 0 Å². The number of hydrogen-bond donors (Lipinski definition) is 1. The third-order valence-electron chi connectivity index (χ3n) is 4.36. The smallest absolute Gasteiger partial charge is 0.321 e. The van der Waals surface area contributed by atoms with Crippen molar-refractivity contribution in [3.8, 4) is 0 Å². The van der Waals surface area contributed by atoms with Gasteiger partial charge in [0.2, 0.25) is 0 Å². The molecule has 1 N–H and O–H groups in total. The first-order chi connectivity index (χ1) is 12.6. The molecule has 1 aliphatic heterocycles. The number of hydrogen-bond acceptors (Lipinski definition) is 3. The van der Waals surface area contributed by atoms with Crippen molar-refractivity contribution in [2.75, 3.05) is 18.4 Å². The lowest BCUT2D eigenvalue weighted by Crippen LogP contribution is -2.44. The number of likely N-dealkylation sites (tertiary alicyclic amines) is 1. The molecule has 0 saturated carbocycles. The molecule has 0 aliphatic carbocycles. The Bertz CT molecular complexity index is 749. The largest absolute Gasteiger partial charge is 0.461 e. The molecular weight excluding hydrogens is 335 g/mol. The van der Waals surface area contributed by atoms with Crippen molar-refractivity contribution in [2.24, 2.45) is 5.92 Å². The van der Waals surface area contributed by atoms with Crippen molar-refractivity contribution < 1.29 is 18.7 Å². The molecular formula is C20H21FN2O3. The van der Waals surface area contributed by atoms with Gasteiger partial charge < -0.3 is 15.0 Å². The van der Waals surface area contributed by atoms with Crippen molar-refractivity contribution in [3.63, 3.8) is 0 Å². The molecule has 1 heterocycles. The number of halogens is 1. The Morgan fingerprint density at radius 3 is 2.58 bits per heavy atom. The number of ether oxygens (including phenoxy) is 1. The quantitative estimate of drug-likeness (QED) is 0.848. The molecule has 6 heteroatoms. The number of carbonyl (C=O) groups is 2. The van der Waals surface area contributed by atoms with Crippen molar-refractivity contribution in [1.82, 2.24) is 4.90 Å². The van der Waals surface area contributed by atoms with Gasteiger partial charge in [-0.05, 0) is 42.7 Å². The molecule has 136 valence electrons. The topological polar surface area (TPSA) is 58.6 Å². The minimum Gasteiger partial charge on any atom is -0.461 e. The summed E-state index contributed by atoms with van der Waals surface area (Å²) in [4.78, 5) is 26.3. The van der Waals surface area contributed by atoms with Crippen LogP contribution in [0.4, 0.5) is 14.9 Å². The van der Waals surface area contributed by atoms with Gasteiger partial charge >= 0.3 is 12.0 Å². The average molecular weight is 356 g/mol. The zero-order valence-corrected chi connectivity index (χ0v) is 14.4. The lowest BCUT2D eigenvalue weighted by atomic mass is 9.98. The Hall–Kier alpha value is -2.89. The fourth-order valence-electron chi connectivity index (χ4n) is 2.93. The number of rotatable bonds is 4. The van der Waals surface area contributed by atoms with E-state index in [1.165, 1.54) is 12.1 Å². The minimum absolute atomic E-state index is 0.103. The molecule has 2 amide bonds. The summed E-state index contributed by atoms with van der Waals surface area (Å²) < 4.78 is 18.2. The third kappa shape index (κ3) is 4.81. The molecule has 1 fully saturated rings. The van der Waals surface area contributed by atoms with Crippen LogP contribution in [0, 0.1) is 11.7 Å². The Kier molecular flexibility index (Phi) is 5.84. The molecule has 1 unspecified atom stereocenters. The summed E-state index contributed by atoms with van der Waals surface area (Å²) in [5.41, 5.74) is 1.45. The van der Waals surface area contributed by atoms with E-state index in [0.29, 0.717) is 19.5 Å². The highest BCUT2D eigenvalue weighted by molar-refractivity contribution is 5.89. The second kappa shape index (κ2) is 8.47. The van der Waals surface area contributed by atoms with E-state index in [-0.39, 0.29) is 30.3 Å². The van der Waals surface area contributed by atoms with Crippen molar-refractivity contribution in [2.45, 2.75) is 19.4 Å². The molecule has 1 saturated heterocycles. The standard InChI is InChI=1S/C20H21FN2O3/c21-17-10-8-15(9-11-17)14-26-19(24)16-5-4-12-23(13-16)20(25)22-18-6-2-1-3-7-18/h1-3,6-11,16H,4-5,12-14H2,(H,22,25). The van der Waals surface area contributed by atoms with Gasteiger partial charge in [-0.3, -0.25) is 4.79 Å². The highest BCUT2D eigenvalue weighted by atomic mass is 19.1. The van der Waals surface area contributed by atoms with E-state index in [1.807, 2.05) is 30.3 Å². The first-order valence-corrected chi connectivity index (χ1v) is 8.64. The molecule has 1 aliphatic rings. The fourth-order valence-corrected chi connectivity index (χ4v) is 2.93. The zero-order valence-electron chi connectivity index (χ0n) is 14.4. The molecule has 2 aromatic carbocycles. The Balaban J connectivity index is 1.51. The maximum atomic E-state index is 12.9. The van der Waals surface area contributed by atoms with Crippen LogP contribution in [0.25, 0.3) is 0 Å². The summed E-state index contributed by atoms with van der Waals surface area (Å²) in [7, 11) is 0. The monoisotopic (exact) mass is 356 g/mol. The van der Waals surface area contributed by atoms with E-state index in [0.717, 1.165) is 17.7 Å². The van der Waals surface area contributed by atoms with Crippen LogP contribution in [0.2, 0.25) is 0 Å². The summed E-state index contributed by atoms with van der Waals surface area (Å²) in [5, 5.41) is 2.83. The van der Waals surface area contributed by atoms with Crippen molar-refractivity contribution in [3.05, 3.63) is 66.0 Å². The van der Waals surface area contributed by atoms with E-state index in [2.05, 4.69) is 5.32 Å². The molecule has 0 radical (unpaired) electrons. The number of carbonyl (C=O) groups excluding carboxylic acids is 2. The van der Waals surface area contributed by atoms with Gasteiger partial charge in [0, 0.05) is 18.8 Å². The fraction of sp³-hybridized carbons (Fsp3) is 0.300. The number of para-hydroxylation sites is 1. The van der Waals surface area contributed by atoms with Crippen LogP contribution in [0.5, 0.6) is 0 Å². The summed E-state index contributed by atoms with van der Waals surface area (Å²) >= 11 is 0. The predicted molar refractivity (Wildman–Crippen MR) is 96.0 cm³/mol. The van der Waals surface area contributed by atoms with Gasteiger partial charge in [0.05, 0.1) is 5.92 Å². The normalized spacial score (nSPS) is 16.8. The third-order valence-corrected chi connectivity index (χ3v) is 4.36. The number of urea groups is 1. The van der Waals surface area contributed by atoms with E-state index in [9.17, 15) is 14.0 Å². The van der Waals surface area contributed by atoms with Gasteiger partial charge in [-0.25, -0.2) is 9.18 Å². The lowest BCUT2D eigenvalue weighted by molar-refractivity contribution is -0.151. The van der Waals surface area contributed by atoms with Crippen molar-refractivity contribution in [1.29, 1.82) is 0 Å². The molecule has 26 heavy (non-hydrogen) atoms. The second-order valence-electron chi connectivity index (χ2n) is 6.32. The molecule has 2 aromatic rings. The minimum atomic E-state index is -0.342. The SMILES string of the molecule is O=C(OCc1ccc(F)cc1)C1CCCN(C(=O)Nc2ccccc2)C1. The molecule has 5 nitrogen and oxygen atoms in total. The van der Waals surface area contributed by atoms with Gasteiger partial charge in [0.1, 0.15) is 12.4 Å². The molecule has 0 aromatic heterocycles. The van der Waals surface area contributed by atoms with Crippen LogP contribution in [0.3, 0.4) is 0 Å². The lowest BCUT2D eigenvalue weighted by Gasteiger charge is -2.31. The van der Waals surface area contributed by atoms with Gasteiger partial charge in [-0.1, -0.05) is 30.3 Å². The first-order valence-electron chi connectivity index (χ1n) is 8.64. The van der Waals surface area contributed by atoms with Gasteiger partial charge in [-0.15, -0.1) is 0 Å². The predicted octanol–water partition coefficient (Wildman–Crippen LogP) is 3.81. The van der Waals surface area contributed by atoms with Gasteiger partial charge in [0.25, 0.3) is 0 Å². The number of benzene rings is 2. The van der Waals surface area contributed by atoms with Crippen LogP contribution in [0.15, 0.2) is 54.6 Å². The number of esters is 1. The first kappa shape index (κ1) is 17.9. The number of piperidine rings is 1. The van der Waals surface area contributed by atoms with Crippen LogP contribution in [-0.4, -0.2) is 30.0 Å². The molecule has 0 bridgehead atoms. The maximum absolute atomic E-state index is 12.9. The highest BCUT2D eigenvalue weighted by Crippen LogP contribution is 2.20. The highest BCUT2D eigenvalue weighted by Gasteiger charge is 2.29. The van der Waals surface area contributed by atoms with Crippen molar-refractivity contribution >= 4 is 17.7 Å². The van der Waals surface area contributed by atoms with E-state index in [1.54, 1.807) is 17.0 Å². The number of nitrogens with zero attached hydrogens (tertiary/aromatic N) is 1. The molecule has 1 atom stereocenters. The molecule has 0 spiro atoms.